The Hall–Kier alpha value is -4.25. The highest BCUT2D eigenvalue weighted by Gasteiger charge is 2.43. The number of rotatable bonds is 13. The van der Waals surface area contributed by atoms with Crippen LogP contribution in [-0.2, 0) is 16.9 Å². The number of halogens is 2. The first-order valence-corrected chi connectivity index (χ1v) is 15.2. The van der Waals surface area contributed by atoms with Crippen molar-refractivity contribution < 1.29 is 28.1 Å². The highest BCUT2D eigenvalue weighted by Crippen LogP contribution is 2.41. The molecule has 4 rings (SSSR count). The molecule has 0 aliphatic rings. The number of amides is 1. The van der Waals surface area contributed by atoms with Gasteiger partial charge in [-0.05, 0) is 55.2 Å². The van der Waals surface area contributed by atoms with Gasteiger partial charge in [0.1, 0.15) is 23.8 Å². The predicted octanol–water partition coefficient (Wildman–Crippen LogP) is 4.84. The smallest absolute Gasteiger partial charge is 0.407 e. The third kappa shape index (κ3) is 7.63. The highest BCUT2D eigenvalue weighted by atomic mass is 32.1. The minimum absolute atomic E-state index is 0.120. The molecule has 1 amide bonds. The van der Waals surface area contributed by atoms with Crippen LogP contribution in [0.5, 0.6) is 0 Å². The maximum atomic E-state index is 15.2. The number of alkyl carbamates (subject to hydrolysis) is 1. The number of nitrogens with one attached hydrogen (secondary N) is 3. The third-order valence-electron chi connectivity index (χ3n) is 7.47. The predicted molar refractivity (Wildman–Crippen MR) is 160 cm³/mol. The highest BCUT2D eigenvalue weighted by molar-refractivity contribution is 7.10. The van der Waals surface area contributed by atoms with Gasteiger partial charge in [-0.2, -0.15) is 15.0 Å². The fourth-order valence-electron chi connectivity index (χ4n) is 4.81. The van der Waals surface area contributed by atoms with E-state index in [1.807, 2.05) is 19.2 Å². The Balaban J connectivity index is 1.56. The van der Waals surface area contributed by atoms with E-state index in [-0.39, 0.29) is 18.2 Å². The van der Waals surface area contributed by atoms with Crippen molar-refractivity contribution in [3.8, 4) is 17.3 Å². The number of H-pyrrole nitrogens is 1. The molecule has 2 aromatic carbocycles. The molecule has 44 heavy (non-hydrogen) atoms. The number of aliphatic hydroxyl groups is 1. The first-order chi connectivity index (χ1) is 21.1. The third-order valence-corrected chi connectivity index (χ3v) is 8.49. The van der Waals surface area contributed by atoms with Crippen LogP contribution in [0.2, 0.25) is 0 Å². The molecule has 2 aromatic heterocycles. The molecule has 13 heteroatoms. The van der Waals surface area contributed by atoms with Gasteiger partial charge in [-0.25, -0.2) is 18.6 Å². The van der Waals surface area contributed by atoms with E-state index in [9.17, 15) is 14.3 Å². The Bertz CT molecular complexity index is 1600. The molecule has 4 aromatic rings. The molecule has 0 saturated carbocycles. The van der Waals surface area contributed by atoms with Gasteiger partial charge < -0.3 is 20.5 Å². The minimum atomic E-state index is -1.97. The number of aromatic nitrogens is 4. The molecule has 2 unspecified atom stereocenters. The molecule has 0 bridgehead atoms. The number of hydrogen-bond donors (Lipinski definition) is 4. The largest absolute Gasteiger partial charge is 0.436 e. The molecule has 0 aliphatic heterocycles. The van der Waals surface area contributed by atoms with Crippen molar-refractivity contribution in [1.82, 2.24) is 25.7 Å². The summed E-state index contributed by atoms with van der Waals surface area (Å²) in [5.74, 6) is -1.97. The van der Waals surface area contributed by atoms with Crippen LogP contribution in [0.1, 0.15) is 68.1 Å². The van der Waals surface area contributed by atoms with E-state index in [1.54, 1.807) is 38.1 Å². The van der Waals surface area contributed by atoms with Crippen LogP contribution in [0.25, 0.3) is 11.3 Å². The van der Waals surface area contributed by atoms with E-state index in [0.717, 1.165) is 36.7 Å². The number of nitriles is 1. The van der Waals surface area contributed by atoms with Gasteiger partial charge in [0.25, 0.3) is 5.82 Å². The van der Waals surface area contributed by atoms with Crippen molar-refractivity contribution in [3.63, 3.8) is 0 Å². The van der Waals surface area contributed by atoms with E-state index < -0.39 is 35.4 Å². The van der Waals surface area contributed by atoms with Gasteiger partial charge >= 0.3 is 12.4 Å². The molecule has 0 saturated heterocycles. The summed E-state index contributed by atoms with van der Waals surface area (Å²) in [6.07, 6.45) is 0.864. The Morgan fingerprint density at radius 1 is 1.23 bits per heavy atom. The van der Waals surface area contributed by atoms with Crippen LogP contribution in [-0.4, -0.2) is 45.4 Å². The summed E-state index contributed by atoms with van der Waals surface area (Å²) in [7, 11) is 0. The zero-order valence-corrected chi connectivity index (χ0v) is 25.8. The molecule has 0 spiro atoms. The lowest BCUT2D eigenvalue weighted by molar-refractivity contribution is -0.765. The Labute approximate surface area is 258 Å². The van der Waals surface area contributed by atoms with Gasteiger partial charge in [0.15, 0.2) is 6.10 Å². The molecule has 4 atom stereocenters. The number of thiazole rings is 1. The summed E-state index contributed by atoms with van der Waals surface area (Å²) in [5.41, 5.74) is -0.294. The molecule has 0 fully saturated rings. The Kier molecular flexibility index (Phi) is 10.7. The summed E-state index contributed by atoms with van der Waals surface area (Å²) in [6.45, 7) is 8.29. The van der Waals surface area contributed by atoms with Crippen molar-refractivity contribution in [2.45, 2.75) is 64.3 Å². The average molecular weight is 625 g/mol. The fraction of sp³-hybridized carbons (Fsp3) is 0.387. The van der Waals surface area contributed by atoms with Gasteiger partial charge in [-0.15, -0.1) is 11.3 Å². The topological polar surface area (TPSA) is 140 Å². The first kappa shape index (κ1) is 32.7. The van der Waals surface area contributed by atoms with Crippen LogP contribution < -0.4 is 15.3 Å². The summed E-state index contributed by atoms with van der Waals surface area (Å²) < 4.78 is 36.5. The van der Waals surface area contributed by atoms with Crippen LogP contribution in [0.4, 0.5) is 13.6 Å². The van der Waals surface area contributed by atoms with E-state index in [1.165, 1.54) is 22.3 Å². The molecular weight excluding hydrogens is 588 g/mol. The molecule has 232 valence electrons. The maximum absolute atomic E-state index is 15.2. The number of likely N-dealkylation sites (N-methyl/N-ethyl adjacent to an activating group) is 1. The van der Waals surface area contributed by atoms with Crippen molar-refractivity contribution in [1.29, 1.82) is 5.26 Å². The number of hydrogen-bond acceptors (Lipinski definition) is 8. The monoisotopic (exact) mass is 624 g/mol. The number of carbonyl (C=O) groups excluding carboxylic acids is 1. The summed E-state index contributed by atoms with van der Waals surface area (Å²) in [5, 5.41) is 32.5. The fourth-order valence-corrected chi connectivity index (χ4v) is 5.78. The first-order valence-electron chi connectivity index (χ1n) is 14.3. The lowest BCUT2D eigenvalue weighted by atomic mass is 9.82. The minimum Gasteiger partial charge on any atom is -0.436 e. The normalized spacial score (nSPS) is 14.7. The zero-order valence-electron chi connectivity index (χ0n) is 25.0. The molecule has 10 nitrogen and oxygen atoms in total. The summed E-state index contributed by atoms with van der Waals surface area (Å²) in [4.78, 5) is 21.4. The number of aromatic amines is 1. The van der Waals surface area contributed by atoms with Crippen LogP contribution in [0.15, 0.2) is 54.2 Å². The maximum Gasteiger partial charge on any atom is 0.407 e. The lowest BCUT2D eigenvalue weighted by Crippen LogP contribution is -2.50. The number of carbonyl (C=O) groups is 1. The van der Waals surface area contributed by atoms with Gasteiger partial charge in [-0.3, -0.25) is 0 Å². The molecular formula is C31H36F2N7O3S+. The number of ether oxygens (including phenoxy) is 1. The molecule has 0 aliphatic carbocycles. The standard InChI is InChI=1S/C31H35F2N7O3S/c1-5-24(35-6-2)15-36-30(41)43-20(4)28-37-18-40(39-28)17-31(42,25-13-23(32)11-12-26(25)33)19(3)29-38-27(16-44-29)22-9-7-21(14-34)8-10-22/h7-13,16,18-20,24,35,42H,5-6,15,17H2,1-4H3,(H,36,41)/p+1/t19-,20?,24?,31+/m0/s1. The second-order valence-electron chi connectivity index (χ2n) is 10.5. The number of benzene rings is 2. The van der Waals surface area contributed by atoms with Crippen LogP contribution >= 0.6 is 11.3 Å². The molecule has 4 N–H and O–H groups in total. The molecule has 0 radical (unpaired) electrons. The number of nitrogens with zero attached hydrogens (tertiary/aromatic N) is 4. The van der Waals surface area contributed by atoms with Gasteiger partial charge in [-0.1, -0.05) is 32.9 Å². The van der Waals surface area contributed by atoms with Gasteiger partial charge in [0, 0.05) is 35.0 Å². The molecule has 2 heterocycles. The van der Waals surface area contributed by atoms with E-state index >= 15 is 4.39 Å². The van der Waals surface area contributed by atoms with Crippen LogP contribution in [0.3, 0.4) is 0 Å². The van der Waals surface area contributed by atoms with Crippen molar-refractivity contribution in [2.75, 3.05) is 13.1 Å². The second-order valence-corrected chi connectivity index (χ2v) is 11.4. The Morgan fingerprint density at radius 3 is 2.66 bits per heavy atom. The van der Waals surface area contributed by atoms with E-state index in [4.69, 9.17) is 15.0 Å². The second kappa shape index (κ2) is 14.5. The van der Waals surface area contributed by atoms with Crippen molar-refractivity contribution in [2.24, 2.45) is 0 Å². The van der Waals surface area contributed by atoms with Gasteiger partial charge in [0.05, 0.1) is 22.3 Å². The lowest BCUT2D eigenvalue weighted by Gasteiger charge is -2.32. The average Bonchev–Trinajstić information content (AvgIpc) is 3.70. The zero-order chi connectivity index (χ0) is 31.9. The summed E-state index contributed by atoms with van der Waals surface area (Å²) >= 11 is 1.28. The quantitative estimate of drug-likeness (QED) is 0.156. The van der Waals surface area contributed by atoms with Crippen molar-refractivity contribution in [3.05, 3.63) is 87.8 Å². The van der Waals surface area contributed by atoms with Gasteiger partial charge in [0.2, 0.25) is 0 Å². The van der Waals surface area contributed by atoms with Crippen LogP contribution in [0, 0.1) is 23.0 Å². The summed E-state index contributed by atoms with van der Waals surface area (Å²) in [6, 6.07) is 12.1. The van der Waals surface area contributed by atoms with E-state index in [2.05, 4.69) is 26.8 Å². The Morgan fingerprint density at radius 2 is 1.98 bits per heavy atom. The van der Waals surface area contributed by atoms with E-state index in [0.29, 0.717) is 28.6 Å². The SMILES string of the molecule is CCNC(CC)CNC(=O)OC(C)c1nc[n+](C[C@](O)(c2cc(F)ccc2F)[C@@H](C)c2nc(-c3ccc(C#N)cc3)cs2)[nH]1. The van der Waals surface area contributed by atoms with Crippen molar-refractivity contribution >= 4 is 17.4 Å².